The molecule has 0 radical (unpaired) electrons. The molecule has 6 heteroatoms. The molecule has 174 valence electrons. The molecule has 0 saturated carbocycles. The molecule has 1 aromatic heterocycles. The van der Waals surface area contributed by atoms with E-state index >= 15 is 0 Å². The largest absolute Gasteiger partial charge is 0.339 e. The van der Waals surface area contributed by atoms with Crippen LogP contribution in [0, 0.1) is 5.92 Å². The van der Waals surface area contributed by atoms with Crippen molar-refractivity contribution in [3.63, 3.8) is 0 Å². The average molecular weight is 464 g/mol. The third-order valence-electron chi connectivity index (χ3n) is 7.36. The Balaban J connectivity index is 1.38. The van der Waals surface area contributed by atoms with E-state index in [1.54, 1.807) is 17.8 Å². The quantitative estimate of drug-likeness (QED) is 0.506. The number of rotatable bonds is 8. The molecule has 1 aliphatic carbocycles. The topological polar surface area (TPSA) is 55.2 Å². The maximum absolute atomic E-state index is 12.7. The van der Waals surface area contributed by atoms with Crippen molar-refractivity contribution < 1.29 is 8.42 Å². The van der Waals surface area contributed by atoms with Gasteiger partial charge in [-0.25, -0.2) is 13.4 Å². The summed E-state index contributed by atoms with van der Waals surface area (Å²) < 4.78 is 27.2. The maximum Gasteiger partial charge on any atom is 0.197 e. The Bertz CT molecular complexity index is 1200. The Morgan fingerprint density at radius 2 is 1.88 bits per heavy atom. The predicted molar refractivity (Wildman–Crippen MR) is 131 cm³/mol. The lowest BCUT2D eigenvalue weighted by atomic mass is 9.71. The molecule has 33 heavy (non-hydrogen) atoms. The highest BCUT2D eigenvalue weighted by Crippen LogP contribution is 2.40. The monoisotopic (exact) mass is 463 g/mol. The van der Waals surface area contributed by atoms with Crippen molar-refractivity contribution in [2.75, 3.05) is 25.4 Å². The van der Waals surface area contributed by atoms with Gasteiger partial charge in [0.1, 0.15) is 0 Å². The summed E-state index contributed by atoms with van der Waals surface area (Å²) in [5, 5.41) is 0.166. The SMILES string of the molecule is Cn1cnc(S(=O)(=O)CCc2ccc3c(c2)[C@H](Cc2ccccc2)[C@H](CN2CCC2)CC3)c1. The highest BCUT2D eigenvalue weighted by Gasteiger charge is 2.32. The Kier molecular flexibility index (Phi) is 6.39. The van der Waals surface area contributed by atoms with Gasteiger partial charge in [-0.2, -0.15) is 0 Å². The Hall–Kier alpha value is -2.44. The number of imidazole rings is 1. The zero-order chi connectivity index (χ0) is 22.8. The lowest BCUT2D eigenvalue weighted by Gasteiger charge is -2.40. The summed E-state index contributed by atoms with van der Waals surface area (Å²) in [5.74, 6) is 1.21. The van der Waals surface area contributed by atoms with E-state index in [0.29, 0.717) is 18.3 Å². The summed E-state index contributed by atoms with van der Waals surface area (Å²) >= 11 is 0. The summed E-state index contributed by atoms with van der Waals surface area (Å²) in [5.41, 5.74) is 5.36. The second kappa shape index (κ2) is 9.43. The van der Waals surface area contributed by atoms with Crippen molar-refractivity contribution in [3.05, 3.63) is 83.3 Å². The van der Waals surface area contributed by atoms with E-state index in [9.17, 15) is 8.42 Å². The second-order valence-corrected chi connectivity index (χ2v) is 11.8. The standard InChI is InChI=1S/C27H33N3O2S/c1-29-19-27(28-20-29)33(31,32)15-12-22-8-9-23-10-11-24(18-30-13-5-14-30)26(25(23)17-22)16-21-6-3-2-4-7-21/h2-4,6-9,17,19-20,24,26H,5,10-16,18H2,1H3/t24-,26+/m0/s1. The van der Waals surface area contributed by atoms with E-state index in [1.807, 2.05) is 0 Å². The van der Waals surface area contributed by atoms with Gasteiger partial charge in [-0.15, -0.1) is 0 Å². The molecular weight excluding hydrogens is 430 g/mol. The van der Waals surface area contributed by atoms with Crippen LogP contribution in [-0.2, 0) is 36.1 Å². The van der Waals surface area contributed by atoms with Crippen LogP contribution in [0.2, 0.25) is 0 Å². The molecule has 0 bridgehead atoms. The van der Waals surface area contributed by atoms with Gasteiger partial charge < -0.3 is 9.47 Å². The van der Waals surface area contributed by atoms with Crippen molar-refractivity contribution in [2.24, 2.45) is 13.0 Å². The zero-order valence-electron chi connectivity index (χ0n) is 19.4. The minimum absolute atomic E-state index is 0.0867. The summed E-state index contributed by atoms with van der Waals surface area (Å²) in [7, 11) is -1.59. The number of sulfone groups is 1. The number of hydrogen-bond acceptors (Lipinski definition) is 4. The number of aromatic nitrogens is 2. The van der Waals surface area contributed by atoms with Gasteiger partial charge in [0, 0.05) is 19.8 Å². The van der Waals surface area contributed by atoms with E-state index in [1.165, 1.54) is 55.5 Å². The van der Waals surface area contributed by atoms with Crippen molar-refractivity contribution in [2.45, 2.75) is 43.0 Å². The van der Waals surface area contributed by atoms with E-state index < -0.39 is 9.84 Å². The molecule has 2 atom stereocenters. The first-order valence-electron chi connectivity index (χ1n) is 12.1. The molecule has 0 unspecified atom stereocenters. The van der Waals surface area contributed by atoms with E-state index in [4.69, 9.17) is 0 Å². The van der Waals surface area contributed by atoms with E-state index in [2.05, 4.69) is 58.4 Å². The van der Waals surface area contributed by atoms with Crippen LogP contribution >= 0.6 is 0 Å². The van der Waals surface area contributed by atoms with Gasteiger partial charge in [0.25, 0.3) is 0 Å². The lowest BCUT2D eigenvalue weighted by Crippen LogP contribution is -2.43. The number of likely N-dealkylation sites (tertiary alicyclic amines) is 1. The molecular formula is C27H33N3O2S. The van der Waals surface area contributed by atoms with Crippen LogP contribution in [0.15, 0.2) is 66.1 Å². The van der Waals surface area contributed by atoms with Gasteiger partial charge >= 0.3 is 0 Å². The van der Waals surface area contributed by atoms with Crippen LogP contribution in [0.25, 0.3) is 0 Å². The number of hydrogen-bond donors (Lipinski definition) is 0. The number of nitrogens with zero attached hydrogens (tertiary/aromatic N) is 3. The smallest absolute Gasteiger partial charge is 0.197 e. The van der Waals surface area contributed by atoms with Gasteiger partial charge in [-0.05, 0) is 79.3 Å². The molecule has 0 amide bonds. The third kappa shape index (κ3) is 5.07. The molecule has 3 aromatic rings. The van der Waals surface area contributed by atoms with Crippen LogP contribution < -0.4 is 0 Å². The Labute approximate surface area is 197 Å². The summed E-state index contributed by atoms with van der Waals surface area (Å²) in [4.78, 5) is 6.64. The fourth-order valence-corrected chi connectivity index (χ4v) is 6.58. The molecule has 5 nitrogen and oxygen atoms in total. The Morgan fingerprint density at radius 1 is 1.06 bits per heavy atom. The van der Waals surface area contributed by atoms with Crippen LogP contribution in [0.1, 0.15) is 41.0 Å². The second-order valence-electron chi connectivity index (χ2n) is 9.73. The zero-order valence-corrected chi connectivity index (χ0v) is 20.2. The van der Waals surface area contributed by atoms with Gasteiger partial charge in [-0.1, -0.05) is 48.5 Å². The molecule has 2 aromatic carbocycles. The first-order chi connectivity index (χ1) is 16.0. The van der Waals surface area contributed by atoms with E-state index in [0.717, 1.165) is 18.4 Å². The van der Waals surface area contributed by atoms with Crippen molar-refractivity contribution >= 4 is 9.84 Å². The van der Waals surface area contributed by atoms with E-state index in [-0.39, 0.29) is 10.8 Å². The van der Waals surface area contributed by atoms with Gasteiger partial charge in [0.15, 0.2) is 14.9 Å². The fraction of sp³-hybridized carbons (Fsp3) is 0.444. The first kappa shape index (κ1) is 22.4. The normalized spacial score (nSPS) is 20.9. The fourth-order valence-electron chi connectivity index (χ4n) is 5.33. The number of aryl methyl sites for hydroxylation is 3. The van der Waals surface area contributed by atoms with Crippen molar-refractivity contribution in [3.8, 4) is 0 Å². The third-order valence-corrected chi connectivity index (χ3v) is 8.95. The summed E-state index contributed by atoms with van der Waals surface area (Å²) in [6.07, 6.45) is 8.35. The average Bonchev–Trinajstić information content (AvgIpc) is 3.24. The molecule has 2 heterocycles. The molecule has 2 aliphatic rings. The van der Waals surface area contributed by atoms with Gasteiger partial charge in [-0.3, -0.25) is 0 Å². The molecule has 5 rings (SSSR count). The predicted octanol–water partition coefficient (Wildman–Crippen LogP) is 4.03. The minimum atomic E-state index is -3.38. The van der Waals surface area contributed by atoms with Crippen LogP contribution in [-0.4, -0.2) is 48.3 Å². The van der Waals surface area contributed by atoms with Crippen LogP contribution in [0.4, 0.5) is 0 Å². The van der Waals surface area contributed by atoms with Crippen LogP contribution in [0.5, 0.6) is 0 Å². The summed E-state index contributed by atoms with van der Waals surface area (Å²) in [6.45, 7) is 3.63. The van der Waals surface area contributed by atoms with Crippen molar-refractivity contribution in [1.29, 1.82) is 0 Å². The van der Waals surface area contributed by atoms with Gasteiger partial charge in [0.2, 0.25) is 0 Å². The maximum atomic E-state index is 12.7. The molecule has 0 N–H and O–H groups in total. The number of benzene rings is 2. The number of fused-ring (bicyclic) bond motifs is 1. The Morgan fingerprint density at radius 3 is 2.58 bits per heavy atom. The highest BCUT2D eigenvalue weighted by molar-refractivity contribution is 7.91. The lowest BCUT2D eigenvalue weighted by molar-refractivity contribution is 0.134. The molecule has 1 saturated heterocycles. The molecule has 1 aliphatic heterocycles. The molecule has 0 spiro atoms. The van der Waals surface area contributed by atoms with Crippen LogP contribution in [0.3, 0.4) is 0 Å². The minimum Gasteiger partial charge on any atom is -0.339 e. The van der Waals surface area contributed by atoms with Crippen molar-refractivity contribution in [1.82, 2.24) is 14.5 Å². The first-order valence-corrected chi connectivity index (χ1v) is 13.7. The highest BCUT2D eigenvalue weighted by atomic mass is 32.2. The van der Waals surface area contributed by atoms with Gasteiger partial charge in [0.05, 0.1) is 12.1 Å². The molecule has 1 fully saturated rings. The summed E-state index contributed by atoms with van der Waals surface area (Å²) in [6, 6.07) is 17.5.